The highest BCUT2D eigenvalue weighted by atomic mass is 16.5. The topological polar surface area (TPSA) is 35.2 Å². The summed E-state index contributed by atoms with van der Waals surface area (Å²) in [4.78, 5) is 0. The fourth-order valence-electron chi connectivity index (χ4n) is 1.86. The van der Waals surface area contributed by atoms with E-state index in [9.17, 15) is 0 Å². The van der Waals surface area contributed by atoms with Crippen LogP contribution in [-0.2, 0) is 6.54 Å². The molecule has 0 heterocycles. The minimum atomic E-state index is 0.381. The molecular weight excluding hydrogens is 210 g/mol. The summed E-state index contributed by atoms with van der Waals surface area (Å²) in [7, 11) is 0. The fraction of sp³-hybridized carbons (Fsp3) is 0.600. The van der Waals surface area contributed by atoms with E-state index >= 15 is 0 Å². The van der Waals surface area contributed by atoms with Gasteiger partial charge in [0.15, 0.2) is 0 Å². The maximum Gasteiger partial charge on any atom is 0.126 e. The molecule has 0 amide bonds. The second kappa shape index (κ2) is 6.06. The number of hydrogen-bond donors (Lipinski definition) is 1. The molecule has 0 spiro atoms. The number of benzene rings is 1. The van der Waals surface area contributed by atoms with E-state index in [4.69, 9.17) is 10.5 Å². The minimum absolute atomic E-state index is 0.381. The average molecular weight is 235 g/mol. The van der Waals surface area contributed by atoms with Gasteiger partial charge in [0.1, 0.15) is 5.75 Å². The molecule has 0 fully saturated rings. The van der Waals surface area contributed by atoms with Crippen molar-refractivity contribution in [3.63, 3.8) is 0 Å². The van der Waals surface area contributed by atoms with E-state index in [2.05, 4.69) is 33.8 Å². The smallest absolute Gasteiger partial charge is 0.126 e. The van der Waals surface area contributed by atoms with Crippen LogP contribution in [0.1, 0.15) is 44.7 Å². The Labute approximate surface area is 105 Å². The molecular formula is C15H25NO. The van der Waals surface area contributed by atoms with Crippen LogP contribution in [0.15, 0.2) is 18.2 Å². The van der Waals surface area contributed by atoms with Gasteiger partial charge in [-0.2, -0.15) is 0 Å². The molecule has 2 N–H and O–H groups in total. The Bertz CT molecular complexity index is 352. The maximum atomic E-state index is 5.87. The molecule has 0 aliphatic carbocycles. The molecule has 0 unspecified atom stereocenters. The summed E-state index contributed by atoms with van der Waals surface area (Å²) in [6.07, 6.45) is 2.26. The summed E-state index contributed by atoms with van der Waals surface area (Å²) >= 11 is 0. The molecule has 1 rings (SSSR count). The van der Waals surface area contributed by atoms with E-state index < -0.39 is 0 Å². The number of nitrogens with two attached hydrogens (primary N) is 1. The molecule has 1 aromatic carbocycles. The molecule has 0 aromatic heterocycles. The molecule has 96 valence electrons. The van der Waals surface area contributed by atoms with Crippen molar-refractivity contribution in [3.8, 4) is 5.75 Å². The molecule has 0 saturated carbocycles. The quantitative estimate of drug-likeness (QED) is 0.790. The van der Waals surface area contributed by atoms with Crippen LogP contribution in [0.3, 0.4) is 0 Å². The summed E-state index contributed by atoms with van der Waals surface area (Å²) in [5, 5.41) is 0. The fourth-order valence-corrected chi connectivity index (χ4v) is 1.86. The van der Waals surface area contributed by atoms with E-state index in [1.807, 2.05) is 12.1 Å². The van der Waals surface area contributed by atoms with Crippen molar-refractivity contribution in [2.24, 2.45) is 11.1 Å². The highest BCUT2D eigenvalue weighted by molar-refractivity contribution is 5.40. The molecule has 1 aromatic rings. The number of aryl methyl sites for hydroxylation is 1. The van der Waals surface area contributed by atoms with Crippen molar-refractivity contribution in [3.05, 3.63) is 29.3 Å². The number of hydrogen-bond acceptors (Lipinski definition) is 2. The summed E-state index contributed by atoms with van der Waals surface area (Å²) in [5.41, 5.74) is 8.36. The van der Waals surface area contributed by atoms with Gasteiger partial charge in [-0.15, -0.1) is 0 Å². The van der Waals surface area contributed by atoms with Gasteiger partial charge in [0.2, 0.25) is 0 Å². The van der Waals surface area contributed by atoms with Gasteiger partial charge >= 0.3 is 0 Å². The van der Waals surface area contributed by atoms with Gasteiger partial charge in [-0.05, 0) is 30.7 Å². The highest BCUT2D eigenvalue weighted by Crippen LogP contribution is 2.24. The lowest BCUT2D eigenvalue weighted by molar-refractivity contribution is 0.266. The van der Waals surface area contributed by atoms with Crippen molar-refractivity contribution in [2.75, 3.05) is 6.61 Å². The van der Waals surface area contributed by atoms with Crippen molar-refractivity contribution < 1.29 is 4.74 Å². The molecule has 0 aliphatic rings. The summed E-state index contributed by atoms with van der Waals surface area (Å²) in [6, 6.07) is 6.13. The highest BCUT2D eigenvalue weighted by Gasteiger charge is 2.10. The monoisotopic (exact) mass is 235 g/mol. The van der Waals surface area contributed by atoms with Crippen LogP contribution < -0.4 is 10.5 Å². The lowest BCUT2D eigenvalue weighted by atomic mass is 9.91. The van der Waals surface area contributed by atoms with E-state index in [0.29, 0.717) is 12.0 Å². The van der Waals surface area contributed by atoms with Crippen molar-refractivity contribution in [1.29, 1.82) is 0 Å². The molecule has 2 nitrogen and oxygen atoms in total. The summed E-state index contributed by atoms with van der Waals surface area (Å²) in [6.45, 7) is 10.1. The first kappa shape index (κ1) is 14.0. The number of para-hydroxylation sites is 1. The molecule has 0 radical (unpaired) electrons. The second-order valence-corrected chi connectivity index (χ2v) is 5.78. The minimum Gasteiger partial charge on any atom is -0.493 e. The van der Waals surface area contributed by atoms with Crippen LogP contribution in [0.5, 0.6) is 5.75 Å². The summed E-state index contributed by atoms with van der Waals surface area (Å²) in [5.74, 6) is 0.976. The van der Waals surface area contributed by atoms with Gasteiger partial charge < -0.3 is 10.5 Å². The second-order valence-electron chi connectivity index (χ2n) is 5.78. The Morgan fingerprint density at radius 2 is 1.94 bits per heavy atom. The predicted molar refractivity (Wildman–Crippen MR) is 73.3 cm³/mol. The van der Waals surface area contributed by atoms with E-state index in [1.165, 1.54) is 12.0 Å². The zero-order valence-corrected chi connectivity index (χ0v) is 11.5. The standard InChI is InChI=1S/C15H25NO/c1-12-7-5-8-13(11-16)14(12)17-10-6-9-15(2,3)4/h5,7-8H,6,9-11,16H2,1-4H3. The van der Waals surface area contributed by atoms with Gasteiger partial charge in [0.25, 0.3) is 0 Å². The van der Waals surface area contributed by atoms with Crippen LogP contribution >= 0.6 is 0 Å². The van der Waals surface area contributed by atoms with Crippen LogP contribution in [0.2, 0.25) is 0 Å². The van der Waals surface area contributed by atoms with Crippen molar-refractivity contribution in [1.82, 2.24) is 0 Å². The summed E-state index contributed by atoms with van der Waals surface area (Å²) < 4.78 is 5.87. The third-order valence-electron chi connectivity index (χ3n) is 2.83. The molecule has 0 atom stereocenters. The largest absolute Gasteiger partial charge is 0.493 e. The first-order valence-corrected chi connectivity index (χ1v) is 6.35. The Morgan fingerprint density at radius 1 is 1.24 bits per heavy atom. The van der Waals surface area contributed by atoms with E-state index in [0.717, 1.165) is 24.3 Å². The van der Waals surface area contributed by atoms with E-state index in [-0.39, 0.29) is 0 Å². The zero-order chi connectivity index (χ0) is 12.9. The third-order valence-corrected chi connectivity index (χ3v) is 2.83. The van der Waals surface area contributed by atoms with Gasteiger partial charge in [-0.25, -0.2) is 0 Å². The van der Waals surface area contributed by atoms with Crippen molar-refractivity contribution >= 4 is 0 Å². The number of rotatable bonds is 5. The number of ether oxygens (including phenoxy) is 1. The van der Waals surface area contributed by atoms with E-state index in [1.54, 1.807) is 0 Å². The Kier molecular flexibility index (Phi) is 5.01. The van der Waals surface area contributed by atoms with Crippen LogP contribution in [0.25, 0.3) is 0 Å². The molecule has 0 bridgehead atoms. The molecule has 2 heteroatoms. The molecule has 17 heavy (non-hydrogen) atoms. The lowest BCUT2D eigenvalue weighted by Gasteiger charge is -2.18. The van der Waals surface area contributed by atoms with Crippen LogP contribution in [-0.4, -0.2) is 6.61 Å². The van der Waals surface area contributed by atoms with Gasteiger partial charge in [0.05, 0.1) is 6.61 Å². The first-order chi connectivity index (χ1) is 7.94. The van der Waals surface area contributed by atoms with Gasteiger partial charge in [-0.3, -0.25) is 0 Å². The van der Waals surface area contributed by atoms with Crippen molar-refractivity contribution in [2.45, 2.75) is 47.1 Å². The van der Waals surface area contributed by atoms with Gasteiger partial charge in [-0.1, -0.05) is 39.0 Å². The lowest BCUT2D eigenvalue weighted by Crippen LogP contribution is -2.09. The van der Waals surface area contributed by atoms with Gasteiger partial charge in [0, 0.05) is 12.1 Å². The first-order valence-electron chi connectivity index (χ1n) is 6.35. The third kappa shape index (κ3) is 4.78. The Hall–Kier alpha value is -1.02. The molecule has 0 aliphatic heterocycles. The van der Waals surface area contributed by atoms with Crippen LogP contribution in [0.4, 0.5) is 0 Å². The van der Waals surface area contributed by atoms with Crippen LogP contribution in [0, 0.1) is 12.3 Å². The Morgan fingerprint density at radius 3 is 2.53 bits per heavy atom. The average Bonchev–Trinajstić information content (AvgIpc) is 2.24. The molecule has 0 saturated heterocycles. The SMILES string of the molecule is Cc1cccc(CN)c1OCCCC(C)(C)C. The Balaban J connectivity index is 2.52. The zero-order valence-electron chi connectivity index (χ0n) is 11.5. The predicted octanol–water partition coefficient (Wildman–Crippen LogP) is 3.66. The maximum absolute atomic E-state index is 5.87. The normalized spacial score (nSPS) is 11.6.